The molecule has 2 heteroatoms. The fourth-order valence-corrected chi connectivity index (χ4v) is 4.03. The van der Waals surface area contributed by atoms with Crippen molar-refractivity contribution in [3.8, 4) is 0 Å². The van der Waals surface area contributed by atoms with Crippen molar-refractivity contribution in [2.45, 2.75) is 39.2 Å². The summed E-state index contributed by atoms with van der Waals surface area (Å²) >= 11 is 0. The van der Waals surface area contributed by atoms with Crippen molar-refractivity contribution in [3.05, 3.63) is 0 Å². The zero-order valence-electron chi connectivity index (χ0n) is 8.55. The van der Waals surface area contributed by atoms with Crippen LogP contribution in [-0.2, 0) is 4.79 Å². The molecule has 4 aliphatic rings. The van der Waals surface area contributed by atoms with Crippen LogP contribution in [0.1, 0.15) is 33.6 Å². The molecular weight excluding hydrogens is 162 g/mol. The van der Waals surface area contributed by atoms with Crippen molar-refractivity contribution in [1.82, 2.24) is 5.32 Å². The molecule has 1 saturated heterocycles. The van der Waals surface area contributed by atoms with Gasteiger partial charge in [0, 0.05) is 0 Å². The summed E-state index contributed by atoms with van der Waals surface area (Å²) in [5.74, 6) is 2.17. The molecule has 13 heavy (non-hydrogen) atoms. The second-order valence-electron chi connectivity index (χ2n) is 5.87. The number of hydrogen-bond donors (Lipinski definition) is 1. The van der Waals surface area contributed by atoms with E-state index in [2.05, 4.69) is 26.1 Å². The monoisotopic (exact) mass is 179 g/mol. The van der Waals surface area contributed by atoms with Crippen LogP contribution in [0.3, 0.4) is 0 Å². The van der Waals surface area contributed by atoms with E-state index < -0.39 is 0 Å². The summed E-state index contributed by atoms with van der Waals surface area (Å²) in [5, 5.41) is 3.13. The molecule has 2 nitrogen and oxygen atoms in total. The molecule has 4 fully saturated rings. The van der Waals surface area contributed by atoms with Gasteiger partial charge < -0.3 is 5.32 Å². The van der Waals surface area contributed by atoms with Gasteiger partial charge in [-0.05, 0) is 37.0 Å². The van der Waals surface area contributed by atoms with Gasteiger partial charge in [-0.15, -0.1) is 0 Å². The average molecular weight is 179 g/mol. The molecule has 1 N–H and O–H groups in total. The number of rotatable bonds is 0. The highest BCUT2D eigenvalue weighted by atomic mass is 16.2. The van der Waals surface area contributed by atoms with Crippen LogP contribution in [0.5, 0.6) is 0 Å². The van der Waals surface area contributed by atoms with Gasteiger partial charge in [-0.3, -0.25) is 4.79 Å². The second kappa shape index (κ2) is 1.79. The molecule has 1 amide bonds. The van der Waals surface area contributed by atoms with Crippen LogP contribution in [0.15, 0.2) is 0 Å². The van der Waals surface area contributed by atoms with Crippen molar-refractivity contribution < 1.29 is 4.79 Å². The molecule has 72 valence electrons. The largest absolute Gasteiger partial charge is 0.350 e. The van der Waals surface area contributed by atoms with Gasteiger partial charge in [0.15, 0.2) is 0 Å². The average Bonchev–Trinajstić information content (AvgIpc) is 2.01. The maximum Gasteiger partial charge on any atom is 0.225 e. The first-order valence-corrected chi connectivity index (χ1v) is 5.28. The van der Waals surface area contributed by atoms with Crippen LogP contribution in [-0.4, -0.2) is 11.4 Å². The zero-order chi connectivity index (χ0) is 9.43. The summed E-state index contributed by atoms with van der Waals surface area (Å²) in [6, 6.07) is 0. The Hall–Kier alpha value is -0.530. The predicted octanol–water partition coefficient (Wildman–Crippen LogP) is 1.56. The van der Waals surface area contributed by atoms with Crippen molar-refractivity contribution in [1.29, 1.82) is 0 Å². The summed E-state index contributed by atoms with van der Waals surface area (Å²) in [4.78, 5) is 11.3. The lowest BCUT2D eigenvalue weighted by molar-refractivity contribution is -0.197. The van der Waals surface area contributed by atoms with Gasteiger partial charge in [-0.1, -0.05) is 13.8 Å². The molecule has 3 saturated carbocycles. The number of carbonyl (C=O) groups is 1. The zero-order valence-corrected chi connectivity index (χ0v) is 8.55. The van der Waals surface area contributed by atoms with Gasteiger partial charge >= 0.3 is 0 Å². The van der Waals surface area contributed by atoms with E-state index in [9.17, 15) is 4.79 Å². The van der Waals surface area contributed by atoms with Crippen LogP contribution in [0.2, 0.25) is 0 Å². The Morgan fingerprint density at radius 3 is 2.46 bits per heavy atom. The van der Waals surface area contributed by atoms with E-state index in [0.29, 0.717) is 17.2 Å². The van der Waals surface area contributed by atoms with Gasteiger partial charge in [0.25, 0.3) is 0 Å². The highest BCUT2D eigenvalue weighted by molar-refractivity contribution is 5.88. The molecule has 0 radical (unpaired) electrons. The molecule has 4 atom stereocenters. The first kappa shape index (κ1) is 7.84. The van der Waals surface area contributed by atoms with E-state index in [4.69, 9.17) is 0 Å². The third-order valence-electron chi connectivity index (χ3n) is 5.15. The number of carbonyl (C=O) groups excluding carboxylic acids is 1. The second-order valence-corrected chi connectivity index (χ2v) is 5.87. The first-order valence-electron chi connectivity index (χ1n) is 5.28. The minimum atomic E-state index is 0.148. The molecule has 0 aromatic carbocycles. The normalized spacial score (nSPS) is 55.6. The van der Waals surface area contributed by atoms with E-state index in [0.717, 1.165) is 18.3 Å². The van der Waals surface area contributed by atoms with E-state index in [1.165, 1.54) is 6.42 Å². The highest BCUT2D eigenvalue weighted by Gasteiger charge is 2.69. The van der Waals surface area contributed by atoms with E-state index in [1.807, 2.05) is 0 Å². The topological polar surface area (TPSA) is 29.1 Å². The predicted molar refractivity (Wildman–Crippen MR) is 50.0 cm³/mol. The standard InChI is InChI=1S/C11H17NO/c1-10(2)6-4-7-9(13)12-11(7,3)8(10)5-6/h6-8H,4-5H2,1-3H3,(H,12,13)/t6-,7?,8+,11?/m0/s1. The molecule has 3 aliphatic carbocycles. The minimum absolute atomic E-state index is 0.148. The molecule has 0 aromatic rings. The van der Waals surface area contributed by atoms with Gasteiger partial charge in [0.05, 0.1) is 11.5 Å². The van der Waals surface area contributed by atoms with Crippen LogP contribution < -0.4 is 5.32 Å². The van der Waals surface area contributed by atoms with Crippen molar-refractivity contribution >= 4 is 5.91 Å². The third kappa shape index (κ3) is 0.628. The van der Waals surface area contributed by atoms with Gasteiger partial charge in [-0.25, -0.2) is 0 Å². The highest BCUT2D eigenvalue weighted by Crippen LogP contribution is 2.66. The summed E-state index contributed by atoms with van der Waals surface area (Å²) < 4.78 is 0. The third-order valence-corrected chi connectivity index (χ3v) is 5.15. The molecular formula is C11H17NO. The summed E-state index contributed by atoms with van der Waals surface area (Å²) in [6.45, 7) is 6.95. The van der Waals surface area contributed by atoms with Gasteiger partial charge in [0.1, 0.15) is 0 Å². The number of β-lactam (4-membered cyclic amide) rings is 1. The Balaban J connectivity index is 1.97. The quantitative estimate of drug-likeness (QED) is 0.562. The lowest BCUT2D eigenvalue weighted by Crippen LogP contribution is -2.80. The number of hydrogen-bond acceptors (Lipinski definition) is 1. The fraction of sp³-hybridized carbons (Fsp3) is 0.909. The lowest BCUT2D eigenvalue weighted by atomic mass is 9.39. The van der Waals surface area contributed by atoms with E-state index in [-0.39, 0.29) is 5.54 Å². The van der Waals surface area contributed by atoms with E-state index >= 15 is 0 Å². The minimum Gasteiger partial charge on any atom is -0.350 e. The van der Waals surface area contributed by atoms with Crippen LogP contribution in [0.25, 0.3) is 0 Å². The van der Waals surface area contributed by atoms with Crippen molar-refractivity contribution in [2.75, 3.05) is 0 Å². The van der Waals surface area contributed by atoms with E-state index in [1.54, 1.807) is 0 Å². The first-order chi connectivity index (χ1) is 5.96. The molecule has 4 rings (SSSR count). The molecule has 0 aromatic heterocycles. The molecule has 1 aliphatic heterocycles. The van der Waals surface area contributed by atoms with Gasteiger partial charge in [-0.2, -0.15) is 0 Å². The molecule has 0 spiro atoms. The Morgan fingerprint density at radius 1 is 1.31 bits per heavy atom. The Morgan fingerprint density at radius 2 is 2.00 bits per heavy atom. The maximum absolute atomic E-state index is 11.3. The van der Waals surface area contributed by atoms with Crippen LogP contribution in [0, 0.1) is 23.2 Å². The smallest absolute Gasteiger partial charge is 0.225 e. The summed E-state index contributed by atoms with van der Waals surface area (Å²) in [5.41, 5.74) is 0.619. The summed E-state index contributed by atoms with van der Waals surface area (Å²) in [6.07, 6.45) is 2.46. The van der Waals surface area contributed by atoms with Crippen molar-refractivity contribution in [2.24, 2.45) is 23.2 Å². The van der Waals surface area contributed by atoms with Crippen LogP contribution in [0.4, 0.5) is 0 Å². The number of nitrogens with one attached hydrogen (secondary N) is 1. The van der Waals surface area contributed by atoms with Crippen LogP contribution >= 0.6 is 0 Å². The Bertz CT molecular complexity index is 296. The fourth-order valence-electron chi connectivity index (χ4n) is 4.03. The van der Waals surface area contributed by atoms with Gasteiger partial charge in [0.2, 0.25) is 5.91 Å². The molecule has 2 bridgehead atoms. The SMILES string of the molecule is CC12NC(=O)C1C[C@H]1C[C@@H]2C1(C)C. The Kier molecular flexibility index (Phi) is 1.08. The molecule has 2 unspecified atom stereocenters. The van der Waals surface area contributed by atoms with Crippen molar-refractivity contribution in [3.63, 3.8) is 0 Å². The Labute approximate surface area is 79.1 Å². The lowest BCUT2D eigenvalue weighted by Gasteiger charge is -2.70. The number of amides is 1. The summed E-state index contributed by atoms with van der Waals surface area (Å²) in [7, 11) is 0. The maximum atomic E-state index is 11.3. The molecule has 1 heterocycles.